The lowest BCUT2D eigenvalue weighted by Gasteiger charge is -2.23. The third kappa shape index (κ3) is 2.98. The lowest BCUT2D eigenvalue weighted by Crippen LogP contribution is -2.36. The van der Waals surface area contributed by atoms with Crippen LogP contribution in [-0.2, 0) is 0 Å². The molecule has 1 fully saturated rings. The zero-order valence-electron chi connectivity index (χ0n) is 9.69. The normalized spacial score (nSPS) is 24.0. The van der Waals surface area contributed by atoms with Crippen LogP contribution in [0.2, 0.25) is 0 Å². The minimum atomic E-state index is 0.689. The maximum Gasteiger partial charge on any atom is 0.00644 e. The molecule has 1 aliphatic rings. The highest BCUT2D eigenvalue weighted by molar-refractivity contribution is 4.94. The molecule has 0 heterocycles. The molecule has 2 atom stereocenters. The Hall–Kier alpha value is -0.0400. The van der Waals surface area contributed by atoms with Gasteiger partial charge in [-0.1, -0.05) is 27.2 Å². The Balaban J connectivity index is 2.18. The first-order valence-corrected chi connectivity index (χ1v) is 5.87. The van der Waals surface area contributed by atoms with Crippen molar-refractivity contribution in [3.63, 3.8) is 0 Å². The van der Waals surface area contributed by atoms with Gasteiger partial charge in [0.15, 0.2) is 0 Å². The van der Waals surface area contributed by atoms with E-state index in [1.165, 1.54) is 32.2 Å². The van der Waals surface area contributed by atoms with Crippen LogP contribution in [0.1, 0.15) is 53.4 Å². The Morgan fingerprint density at radius 2 is 1.85 bits per heavy atom. The van der Waals surface area contributed by atoms with Gasteiger partial charge < -0.3 is 5.32 Å². The van der Waals surface area contributed by atoms with Gasteiger partial charge in [-0.05, 0) is 37.5 Å². The lowest BCUT2D eigenvalue weighted by atomic mass is 9.98. The Bertz CT molecular complexity index is 149. The van der Waals surface area contributed by atoms with E-state index in [2.05, 4.69) is 33.0 Å². The molecule has 0 radical (unpaired) electrons. The first-order valence-electron chi connectivity index (χ1n) is 5.87. The van der Waals surface area contributed by atoms with Crippen molar-refractivity contribution in [2.75, 3.05) is 6.54 Å². The molecule has 1 heteroatoms. The molecular formula is C12H25N. The number of nitrogens with one attached hydrogen (secondary N) is 1. The van der Waals surface area contributed by atoms with Gasteiger partial charge >= 0.3 is 0 Å². The molecular weight excluding hydrogens is 158 g/mol. The maximum absolute atomic E-state index is 3.69. The summed E-state index contributed by atoms with van der Waals surface area (Å²) in [5.41, 5.74) is 0.696. The second-order valence-corrected chi connectivity index (χ2v) is 4.91. The average molecular weight is 183 g/mol. The summed E-state index contributed by atoms with van der Waals surface area (Å²) in [6, 6.07) is 0.689. The van der Waals surface area contributed by atoms with Crippen molar-refractivity contribution < 1.29 is 0 Å². The molecule has 1 aliphatic carbocycles. The minimum Gasteiger partial charge on any atom is -0.313 e. The molecule has 0 aliphatic heterocycles. The predicted octanol–water partition coefficient (Wildman–Crippen LogP) is 3.20. The van der Waals surface area contributed by atoms with Crippen LogP contribution in [0.4, 0.5) is 0 Å². The summed E-state index contributed by atoms with van der Waals surface area (Å²) in [6.07, 6.45) is 5.54. The Morgan fingerprint density at radius 1 is 1.23 bits per heavy atom. The van der Waals surface area contributed by atoms with E-state index in [1.807, 2.05) is 0 Å². The van der Waals surface area contributed by atoms with Crippen LogP contribution in [0.15, 0.2) is 0 Å². The highest BCUT2D eigenvalue weighted by Crippen LogP contribution is 2.47. The molecule has 0 aromatic heterocycles. The van der Waals surface area contributed by atoms with E-state index >= 15 is 0 Å². The monoisotopic (exact) mass is 183 g/mol. The van der Waals surface area contributed by atoms with Gasteiger partial charge in [0.1, 0.15) is 0 Å². The van der Waals surface area contributed by atoms with Gasteiger partial charge in [-0.25, -0.2) is 0 Å². The topological polar surface area (TPSA) is 12.0 Å². The van der Waals surface area contributed by atoms with Gasteiger partial charge in [0.05, 0.1) is 0 Å². The van der Waals surface area contributed by atoms with Crippen molar-refractivity contribution in [3.05, 3.63) is 0 Å². The zero-order chi connectivity index (χ0) is 9.90. The molecule has 1 rings (SSSR count). The summed E-state index contributed by atoms with van der Waals surface area (Å²) in [4.78, 5) is 0. The fraction of sp³-hybridized carbons (Fsp3) is 1.00. The molecule has 0 aromatic carbocycles. The summed E-state index contributed by atoms with van der Waals surface area (Å²) in [5, 5.41) is 3.69. The molecule has 0 aromatic rings. The van der Waals surface area contributed by atoms with Gasteiger partial charge in [-0.2, -0.15) is 0 Å². The Kier molecular flexibility index (Phi) is 3.78. The van der Waals surface area contributed by atoms with Crippen LogP contribution in [0, 0.1) is 11.3 Å². The largest absolute Gasteiger partial charge is 0.313 e. The molecule has 0 spiro atoms. The average Bonchev–Trinajstić information content (AvgIpc) is 2.93. The van der Waals surface area contributed by atoms with Crippen molar-refractivity contribution in [1.29, 1.82) is 0 Å². The van der Waals surface area contributed by atoms with Crippen molar-refractivity contribution in [2.45, 2.75) is 59.4 Å². The highest BCUT2D eigenvalue weighted by Gasteiger charge is 2.40. The summed E-state index contributed by atoms with van der Waals surface area (Å²) >= 11 is 0. The molecule has 78 valence electrons. The zero-order valence-corrected chi connectivity index (χ0v) is 9.69. The van der Waals surface area contributed by atoms with E-state index in [-0.39, 0.29) is 0 Å². The summed E-state index contributed by atoms with van der Waals surface area (Å²) in [7, 11) is 0. The lowest BCUT2D eigenvalue weighted by molar-refractivity contribution is 0.343. The van der Waals surface area contributed by atoms with E-state index in [4.69, 9.17) is 0 Å². The van der Waals surface area contributed by atoms with Crippen molar-refractivity contribution in [1.82, 2.24) is 5.32 Å². The summed E-state index contributed by atoms with van der Waals surface area (Å²) < 4.78 is 0. The van der Waals surface area contributed by atoms with Crippen molar-refractivity contribution in [2.24, 2.45) is 11.3 Å². The van der Waals surface area contributed by atoms with Gasteiger partial charge in [0, 0.05) is 12.6 Å². The van der Waals surface area contributed by atoms with Gasteiger partial charge in [0.25, 0.3) is 0 Å². The summed E-state index contributed by atoms with van der Waals surface area (Å²) in [5.74, 6) is 0.813. The second kappa shape index (κ2) is 4.45. The Morgan fingerprint density at radius 3 is 2.23 bits per heavy atom. The first kappa shape index (κ1) is 11.0. The predicted molar refractivity (Wildman–Crippen MR) is 58.9 cm³/mol. The third-order valence-electron chi connectivity index (χ3n) is 4.00. The molecule has 13 heavy (non-hydrogen) atoms. The van der Waals surface area contributed by atoms with E-state index in [0.29, 0.717) is 11.5 Å². The number of rotatable bonds is 6. The van der Waals surface area contributed by atoms with Gasteiger partial charge in [0.2, 0.25) is 0 Å². The van der Waals surface area contributed by atoms with Crippen LogP contribution >= 0.6 is 0 Å². The third-order valence-corrected chi connectivity index (χ3v) is 4.00. The smallest absolute Gasteiger partial charge is 0.00644 e. The minimum absolute atomic E-state index is 0.689. The number of hydrogen-bond donors (Lipinski definition) is 1. The fourth-order valence-corrected chi connectivity index (χ4v) is 1.76. The molecule has 0 amide bonds. The first-order chi connectivity index (χ1) is 6.13. The second-order valence-electron chi connectivity index (χ2n) is 4.91. The van der Waals surface area contributed by atoms with Crippen LogP contribution in [0.3, 0.4) is 0 Å². The molecule has 1 nitrogen and oxygen atoms in total. The standard InChI is InChI=1S/C12H25N/c1-5-10(3)11(4)13-9-12(6-2)7-8-12/h10-11,13H,5-9H2,1-4H3. The van der Waals surface area contributed by atoms with Gasteiger partial charge in [-0.3, -0.25) is 0 Å². The highest BCUT2D eigenvalue weighted by atomic mass is 14.9. The SMILES string of the molecule is CCC(C)C(C)NCC1(CC)CC1. The molecule has 1 N–H and O–H groups in total. The van der Waals surface area contributed by atoms with Crippen molar-refractivity contribution in [3.8, 4) is 0 Å². The van der Waals surface area contributed by atoms with E-state index in [1.54, 1.807) is 0 Å². The van der Waals surface area contributed by atoms with Crippen LogP contribution in [-0.4, -0.2) is 12.6 Å². The molecule has 0 bridgehead atoms. The van der Waals surface area contributed by atoms with E-state index in [0.717, 1.165) is 5.92 Å². The van der Waals surface area contributed by atoms with Crippen molar-refractivity contribution >= 4 is 0 Å². The Labute approximate surface area is 83.3 Å². The maximum atomic E-state index is 3.69. The van der Waals surface area contributed by atoms with Gasteiger partial charge in [-0.15, -0.1) is 0 Å². The van der Waals surface area contributed by atoms with Crippen LogP contribution in [0.25, 0.3) is 0 Å². The molecule has 2 unspecified atom stereocenters. The van der Waals surface area contributed by atoms with Crippen LogP contribution < -0.4 is 5.32 Å². The molecule has 1 saturated carbocycles. The van der Waals surface area contributed by atoms with E-state index < -0.39 is 0 Å². The number of hydrogen-bond acceptors (Lipinski definition) is 1. The van der Waals surface area contributed by atoms with E-state index in [9.17, 15) is 0 Å². The molecule has 0 saturated heterocycles. The quantitative estimate of drug-likeness (QED) is 0.667. The summed E-state index contributed by atoms with van der Waals surface area (Å²) in [6.45, 7) is 10.5. The van der Waals surface area contributed by atoms with Crippen LogP contribution in [0.5, 0.6) is 0 Å². The fourth-order valence-electron chi connectivity index (χ4n) is 1.76.